The Morgan fingerprint density at radius 1 is 1.19 bits per heavy atom. The van der Waals surface area contributed by atoms with Gasteiger partial charge < -0.3 is 4.74 Å². The number of esters is 1. The van der Waals surface area contributed by atoms with E-state index < -0.39 is 0 Å². The van der Waals surface area contributed by atoms with E-state index in [1.54, 1.807) is 52.7 Å². The van der Waals surface area contributed by atoms with Gasteiger partial charge in [-0.05, 0) is 37.1 Å². The van der Waals surface area contributed by atoms with Crippen LogP contribution in [0.1, 0.15) is 31.1 Å². The van der Waals surface area contributed by atoms with E-state index in [-0.39, 0.29) is 11.7 Å². The van der Waals surface area contributed by atoms with Gasteiger partial charge in [-0.25, -0.2) is 9.59 Å². The smallest absolute Gasteiger partial charge is 0.338 e. The normalized spacial score (nSPS) is 10.9. The summed E-state index contributed by atoms with van der Waals surface area (Å²) in [6.45, 7) is 6.93. The van der Waals surface area contributed by atoms with Crippen molar-refractivity contribution in [2.24, 2.45) is 5.92 Å². The minimum atomic E-state index is -0.353. The van der Waals surface area contributed by atoms with Gasteiger partial charge >= 0.3 is 11.7 Å². The largest absolute Gasteiger partial charge is 0.462 e. The summed E-state index contributed by atoms with van der Waals surface area (Å²) >= 11 is 0. The molecule has 2 rings (SSSR count). The molecular formula is C16H20N2O3. The maximum atomic E-state index is 12.3. The number of benzene rings is 1. The van der Waals surface area contributed by atoms with Gasteiger partial charge in [0.25, 0.3) is 0 Å². The molecule has 0 saturated heterocycles. The number of nitrogens with zero attached hydrogens (tertiary/aromatic N) is 2. The molecule has 2 aromatic rings. The van der Waals surface area contributed by atoms with E-state index in [1.807, 2.05) is 0 Å². The van der Waals surface area contributed by atoms with Crippen LogP contribution < -0.4 is 5.69 Å². The third kappa shape index (κ3) is 3.42. The van der Waals surface area contributed by atoms with Crippen LogP contribution in [0.2, 0.25) is 0 Å². The van der Waals surface area contributed by atoms with Gasteiger partial charge in [0.2, 0.25) is 0 Å². The summed E-state index contributed by atoms with van der Waals surface area (Å²) < 4.78 is 8.18. The van der Waals surface area contributed by atoms with Crippen molar-refractivity contribution in [3.63, 3.8) is 0 Å². The molecule has 0 fully saturated rings. The Balaban J connectivity index is 2.25. The van der Waals surface area contributed by atoms with E-state index in [0.717, 1.165) is 5.69 Å². The van der Waals surface area contributed by atoms with Gasteiger partial charge in [-0.2, -0.15) is 0 Å². The molecule has 0 spiro atoms. The second kappa shape index (κ2) is 6.43. The Kier molecular flexibility index (Phi) is 4.62. The monoisotopic (exact) mass is 288 g/mol. The van der Waals surface area contributed by atoms with Crippen LogP contribution in [-0.4, -0.2) is 21.7 Å². The lowest BCUT2D eigenvalue weighted by molar-refractivity contribution is 0.0526. The van der Waals surface area contributed by atoms with Gasteiger partial charge in [0.15, 0.2) is 0 Å². The van der Waals surface area contributed by atoms with Gasteiger partial charge in [0.05, 0.1) is 17.9 Å². The highest BCUT2D eigenvalue weighted by molar-refractivity contribution is 5.89. The van der Waals surface area contributed by atoms with Crippen LogP contribution in [-0.2, 0) is 11.3 Å². The average Bonchev–Trinajstić information content (AvgIpc) is 2.80. The molecule has 1 aromatic carbocycles. The number of rotatable bonds is 5. The van der Waals surface area contributed by atoms with Crippen molar-refractivity contribution >= 4 is 5.97 Å². The summed E-state index contributed by atoms with van der Waals surface area (Å²) in [6, 6.07) is 6.82. The lowest BCUT2D eigenvalue weighted by Gasteiger charge is -2.06. The lowest BCUT2D eigenvalue weighted by Crippen LogP contribution is -2.24. The molecule has 0 atom stereocenters. The molecule has 21 heavy (non-hydrogen) atoms. The molecule has 0 N–H and O–H groups in total. The van der Waals surface area contributed by atoms with Crippen molar-refractivity contribution in [1.29, 1.82) is 0 Å². The molecule has 0 amide bonds. The fraction of sp³-hybridized carbons (Fsp3) is 0.375. The molecule has 0 radical (unpaired) electrons. The van der Waals surface area contributed by atoms with E-state index in [1.165, 1.54) is 0 Å². The number of hydrogen-bond acceptors (Lipinski definition) is 3. The van der Waals surface area contributed by atoms with Gasteiger partial charge in [0, 0.05) is 18.9 Å². The molecule has 5 heteroatoms. The van der Waals surface area contributed by atoms with Crippen LogP contribution in [0.25, 0.3) is 5.69 Å². The topological polar surface area (TPSA) is 53.2 Å². The van der Waals surface area contributed by atoms with E-state index in [4.69, 9.17) is 4.74 Å². The van der Waals surface area contributed by atoms with Crippen LogP contribution in [0.3, 0.4) is 0 Å². The number of imidazole rings is 1. The van der Waals surface area contributed by atoms with Crippen molar-refractivity contribution in [2.45, 2.75) is 27.3 Å². The van der Waals surface area contributed by atoms with Crippen LogP contribution in [0.15, 0.2) is 41.5 Å². The van der Waals surface area contributed by atoms with Crippen molar-refractivity contribution < 1.29 is 9.53 Å². The van der Waals surface area contributed by atoms with Gasteiger partial charge in [0.1, 0.15) is 0 Å². The maximum absolute atomic E-state index is 12.3. The fourth-order valence-electron chi connectivity index (χ4n) is 2.11. The first-order chi connectivity index (χ1) is 10.0. The fourth-order valence-corrected chi connectivity index (χ4v) is 2.11. The number of hydrogen-bond donors (Lipinski definition) is 0. The lowest BCUT2D eigenvalue weighted by atomic mass is 10.2. The van der Waals surface area contributed by atoms with Gasteiger partial charge in [-0.3, -0.25) is 9.13 Å². The second-order valence-corrected chi connectivity index (χ2v) is 5.26. The molecule has 0 aliphatic carbocycles. The average molecular weight is 288 g/mol. The van der Waals surface area contributed by atoms with Gasteiger partial charge in [-0.15, -0.1) is 0 Å². The van der Waals surface area contributed by atoms with Crippen LogP contribution >= 0.6 is 0 Å². The molecule has 5 nitrogen and oxygen atoms in total. The van der Waals surface area contributed by atoms with Crippen LogP contribution in [0.5, 0.6) is 0 Å². The Hall–Kier alpha value is -2.30. The van der Waals surface area contributed by atoms with E-state index in [0.29, 0.717) is 24.6 Å². The summed E-state index contributed by atoms with van der Waals surface area (Å²) in [7, 11) is 0. The third-order valence-corrected chi connectivity index (χ3v) is 3.07. The highest BCUT2D eigenvalue weighted by Gasteiger charge is 2.09. The first kappa shape index (κ1) is 15.1. The zero-order chi connectivity index (χ0) is 15.4. The highest BCUT2D eigenvalue weighted by atomic mass is 16.5. The predicted octanol–water partition coefficient (Wildman–Crippen LogP) is 2.47. The Bertz CT molecular complexity index is 666. The Labute approximate surface area is 123 Å². The summed E-state index contributed by atoms with van der Waals surface area (Å²) in [5.41, 5.74) is 1.14. The summed E-state index contributed by atoms with van der Waals surface area (Å²) in [5.74, 6) is 0.0542. The predicted molar refractivity (Wildman–Crippen MR) is 80.8 cm³/mol. The van der Waals surface area contributed by atoms with Crippen molar-refractivity contribution in [3.8, 4) is 5.69 Å². The number of aromatic nitrogens is 2. The molecule has 0 aliphatic heterocycles. The van der Waals surface area contributed by atoms with Crippen LogP contribution in [0, 0.1) is 5.92 Å². The maximum Gasteiger partial charge on any atom is 0.338 e. The first-order valence-electron chi connectivity index (χ1n) is 7.08. The molecule has 1 heterocycles. The SMILES string of the molecule is CCOC(=O)c1ccc(-n2ccn(CC(C)C)c2=O)cc1. The molecule has 0 bridgehead atoms. The number of carbonyl (C=O) groups is 1. The minimum Gasteiger partial charge on any atom is -0.462 e. The molecule has 112 valence electrons. The number of carbonyl (C=O) groups excluding carboxylic acids is 1. The number of ether oxygens (including phenoxy) is 1. The molecule has 0 unspecified atom stereocenters. The molecule has 0 aliphatic rings. The molecular weight excluding hydrogens is 268 g/mol. The summed E-state index contributed by atoms with van der Waals surface area (Å²) in [4.78, 5) is 23.9. The van der Waals surface area contributed by atoms with Crippen molar-refractivity contribution in [2.75, 3.05) is 6.61 Å². The summed E-state index contributed by atoms with van der Waals surface area (Å²) in [5, 5.41) is 0. The van der Waals surface area contributed by atoms with Crippen molar-refractivity contribution in [1.82, 2.24) is 9.13 Å². The molecule has 0 saturated carbocycles. The Morgan fingerprint density at radius 3 is 2.43 bits per heavy atom. The van der Waals surface area contributed by atoms with Crippen molar-refractivity contribution in [3.05, 3.63) is 52.7 Å². The second-order valence-electron chi connectivity index (χ2n) is 5.26. The Morgan fingerprint density at radius 2 is 1.86 bits per heavy atom. The zero-order valence-corrected chi connectivity index (χ0v) is 12.6. The summed E-state index contributed by atoms with van der Waals surface area (Å²) in [6.07, 6.45) is 3.52. The zero-order valence-electron chi connectivity index (χ0n) is 12.6. The third-order valence-electron chi connectivity index (χ3n) is 3.07. The molecule has 1 aromatic heterocycles. The highest BCUT2D eigenvalue weighted by Crippen LogP contribution is 2.09. The minimum absolute atomic E-state index is 0.0763. The standard InChI is InChI=1S/C16H20N2O3/c1-4-21-15(19)13-5-7-14(8-6-13)18-10-9-17(16(18)20)11-12(2)3/h5-10,12H,4,11H2,1-3H3. The van der Waals surface area contributed by atoms with E-state index in [9.17, 15) is 9.59 Å². The first-order valence-corrected chi connectivity index (χ1v) is 7.08. The van der Waals surface area contributed by atoms with Crippen LogP contribution in [0.4, 0.5) is 0 Å². The van der Waals surface area contributed by atoms with E-state index >= 15 is 0 Å². The van der Waals surface area contributed by atoms with Gasteiger partial charge in [-0.1, -0.05) is 13.8 Å². The quantitative estimate of drug-likeness (QED) is 0.794. The van der Waals surface area contributed by atoms with E-state index in [2.05, 4.69) is 13.8 Å².